The summed E-state index contributed by atoms with van der Waals surface area (Å²) in [4.78, 5) is 31.9. The number of hydrogen-bond acceptors (Lipinski definition) is 7. The van der Waals surface area contributed by atoms with Crippen LogP contribution < -0.4 is 20.4 Å². The number of nitrogens with one attached hydrogen (secondary N) is 1. The van der Waals surface area contributed by atoms with Gasteiger partial charge in [0.15, 0.2) is 6.61 Å². The molecule has 2 aromatic heterocycles. The Morgan fingerprint density at radius 1 is 1.03 bits per heavy atom. The summed E-state index contributed by atoms with van der Waals surface area (Å²) < 4.78 is 16.4. The van der Waals surface area contributed by atoms with Crippen molar-refractivity contribution in [2.45, 2.75) is 13.5 Å². The van der Waals surface area contributed by atoms with Gasteiger partial charge in [0.2, 0.25) is 0 Å². The molecular formula is C23H19N3O5. The van der Waals surface area contributed by atoms with E-state index < -0.39 is 5.63 Å². The van der Waals surface area contributed by atoms with Crippen molar-refractivity contribution in [1.29, 1.82) is 0 Å². The van der Waals surface area contributed by atoms with Gasteiger partial charge in [0.25, 0.3) is 5.91 Å². The molecular weight excluding hydrogens is 398 g/mol. The number of hydrogen-bond donors (Lipinski definition) is 1. The topological polar surface area (TPSA) is 104 Å². The van der Waals surface area contributed by atoms with Crippen LogP contribution in [0.3, 0.4) is 0 Å². The first-order valence-corrected chi connectivity index (χ1v) is 9.52. The summed E-state index contributed by atoms with van der Waals surface area (Å²) in [5.41, 5.74) is 2.14. The van der Waals surface area contributed by atoms with Crippen LogP contribution in [0.4, 0.5) is 5.69 Å². The highest BCUT2D eigenvalue weighted by atomic mass is 16.5. The van der Waals surface area contributed by atoms with Crippen molar-refractivity contribution in [2.75, 3.05) is 11.9 Å². The maximum absolute atomic E-state index is 12.2. The summed E-state index contributed by atoms with van der Waals surface area (Å²) in [7, 11) is 0. The second-order valence-corrected chi connectivity index (χ2v) is 6.75. The predicted octanol–water partition coefficient (Wildman–Crippen LogP) is 3.49. The van der Waals surface area contributed by atoms with Crippen LogP contribution in [0.25, 0.3) is 11.0 Å². The molecule has 156 valence electrons. The number of benzene rings is 2. The predicted molar refractivity (Wildman–Crippen MR) is 114 cm³/mol. The Balaban J connectivity index is 1.30. The number of ether oxygens (including phenoxy) is 2. The molecule has 0 spiro atoms. The third-order valence-electron chi connectivity index (χ3n) is 4.43. The molecule has 4 aromatic rings. The van der Waals surface area contributed by atoms with Crippen molar-refractivity contribution in [3.8, 4) is 11.5 Å². The fourth-order valence-corrected chi connectivity index (χ4v) is 2.94. The number of amides is 1. The number of carbonyl (C=O) groups excluding carboxylic acids is 1. The highest BCUT2D eigenvalue weighted by Gasteiger charge is 2.07. The molecule has 2 aromatic carbocycles. The normalized spacial score (nSPS) is 10.6. The summed E-state index contributed by atoms with van der Waals surface area (Å²) in [6.45, 7) is 1.95. The highest BCUT2D eigenvalue weighted by Crippen LogP contribution is 2.22. The molecule has 2 heterocycles. The Bertz CT molecular complexity index is 1250. The van der Waals surface area contributed by atoms with E-state index >= 15 is 0 Å². The Kier molecular flexibility index (Phi) is 5.89. The zero-order valence-electron chi connectivity index (χ0n) is 16.7. The quantitative estimate of drug-likeness (QED) is 0.459. The second kappa shape index (κ2) is 9.08. The molecule has 1 N–H and O–H groups in total. The van der Waals surface area contributed by atoms with Crippen molar-refractivity contribution in [2.24, 2.45) is 0 Å². The smallest absolute Gasteiger partial charge is 0.336 e. The van der Waals surface area contributed by atoms with Crippen LogP contribution in [-0.2, 0) is 11.4 Å². The Hall–Kier alpha value is -4.20. The third-order valence-corrected chi connectivity index (χ3v) is 4.43. The van der Waals surface area contributed by atoms with Gasteiger partial charge in [-0.3, -0.25) is 14.8 Å². The molecule has 1 amide bonds. The van der Waals surface area contributed by atoms with Crippen molar-refractivity contribution in [3.63, 3.8) is 0 Å². The Labute approximate surface area is 177 Å². The van der Waals surface area contributed by atoms with Crippen LogP contribution in [0, 0.1) is 6.92 Å². The molecule has 0 aliphatic heterocycles. The molecule has 0 radical (unpaired) electrons. The average Bonchev–Trinajstić information content (AvgIpc) is 2.77. The number of fused-ring (bicyclic) bond motifs is 1. The van der Waals surface area contributed by atoms with Gasteiger partial charge in [0.1, 0.15) is 23.7 Å². The Morgan fingerprint density at radius 2 is 1.84 bits per heavy atom. The first kappa shape index (κ1) is 20.1. The number of nitrogens with zero attached hydrogens (tertiary/aromatic N) is 2. The van der Waals surface area contributed by atoms with Gasteiger partial charge < -0.3 is 19.2 Å². The number of anilines is 1. The molecule has 0 aliphatic carbocycles. The molecule has 4 rings (SSSR count). The van der Waals surface area contributed by atoms with Crippen LogP contribution in [0.15, 0.2) is 76.3 Å². The van der Waals surface area contributed by atoms with Crippen molar-refractivity contribution < 1.29 is 18.7 Å². The first-order valence-electron chi connectivity index (χ1n) is 9.52. The minimum absolute atomic E-state index is 0.188. The summed E-state index contributed by atoms with van der Waals surface area (Å²) in [5, 5.41) is 3.57. The van der Waals surface area contributed by atoms with E-state index in [1.807, 2.05) is 6.92 Å². The average molecular weight is 417 g/mol. The fraction of sp³-hybridized carbons (Fsp3) is 0.130. The van der Waals surface area contributed by atoms with Crippen molar-refractivity contribution in [3.05, 3.63) is 88.8 Å². The van der Waals surface area contributed by atoms with E-state index in [0.29, 0.717) is 29.4 Å². The number of aryl methyl sites for hydroxylation is 1. The van der Waals surface area contributed by atoms with Gasteiger partial charge in [-0.05, 0) is 48.9 Å². The molecule has 0 atom stereocenters. The zero-order valence-corrected chi connectivity index (χ0v) is 16.7. The lowest BCUT2D eigenvalue weighted by Crippen LogP contribution is -2.20. The summed E-state index contributed by atoms with van der Waals surface area (Å²) in [6, 6.07) is 13.5. The molecule has 0 saturated carbocycles. The largest absolute Gasteiger partial charge is 0.487 e. The summed E-state index contributed by atoms with van der Waals surface area (Å²) in [6.07, 6.45) is 4.84. The van der Waals surface area contributed by atoms with Crippen LogP contribution in [-0.4, -0.2) is 22.5 Å². The van der Waals surface area contributed by atoms with Gasteiger partial charge in [0, 0.05) is 35.6 Å². The van der Waals surface area contributed by atoms with Crippen molar-refractivity contribution >= 4 is 22.6 Å². The fourth-order valence-electron chi connectivity index (χ4n) is 2.94. The summed E-state index contributed by atoms with van der Waals surface area (Å²) in [5.74, 6) is 0.760. The van der Waals surface area contributed by atoms with Gasteiger partial charge in [-0.15, -0.1) is 0 Å². The minimum atomic E-state index is -0.427. The molecule has 0 bridgehead atoms. The van der Waals surface area contributed by atoms with Gasteiger partial charge >= 0.3 is 5.63 Å². The zero-order chi connectivity index (χ0) is 21.6. The first-order chi connectivity index (χ1) is 15.1. The molecule has 31 heavy (non-hydrogen) atoms. The highest BCUT2D eigenvalue weighted by molar-refractivity contribution is 5.92. The van der Waals surface area contributed by atoms with E-state index in [-0.39, 0.29) is 12.5 Å². The van der Waals surface area contributed by atoms with Crippen LogP contribution in [0.1, 0.15) is 11.3 Å². The van der Waals surface area contributed by atoms with Crippen LogP contribution in [0.5, 0.6) is 11.5 Å². The van der Waals surface area contributed by atoms with E-state index in [0.717, 1.165) is 16.6 Å². The van der Waals surface area contributed by atoms with E-state index in [2.05, 4.69) is 15.3 Å². The number of aromatic nitrogens is 2. The lowest BCUT2D eigenvalue weighted by molar-refractivity contribution is -0.118. The van der Waals surface area contributed by atoms with E-state index in [1.165, 1.54) is 6.07 Å². The standard InChI is InChI=1S/C23H19N3O5/c1-15-10-23(28)31-21-11-19(6-7-20(15)21)30-14-22(27)26-16-2-4-18(5-3-16)29-13-17-12-24-8-9-25-17/h2-12H,13-14H2,1H3,(H,26,27). The van der Waals surface area contributed by atoms with E-state index in [9.17, 15) is 9.59 Å². The van der Waals surface area contributed by atoms with Crippen LogP contribution in [0.2, 0.25) is 0 Å². The van der Waals surface area contributed by atoms with Gasteiger partial charge in [-0.2, -0.15) is 0 Å². The van der Waals surface area contributed by atoms with Crippen LogP contribution >= 0.6 is 0 Å². The third kappa shape index (κ3) is 5.24. The molecule has 0 saturated heterocycles. The SMILES string of the molecule is Cc1cc(=O)oc2cc(OCC(=O)Nc3ccc(OCc4cnccn4)cc3)ccc12. The lowest BCUT2D eigenvalue weighted by Gasteiger charge is -2.10. The number of carbonyl (C=O) groups is 1. The van der Waals surface area contributed by atoms with Gasteiger partial charge in [0.05, 0.1) is 11.9 Å². The maximum atomic E-state index is 12.2. The van der Waals surface area contributed by atoms with Gasteiger partial charge in [-0.1, -0.05) is 0 Å². The van der Waals surface area contributed by atoms with E-state index in [4.69, 9.17) is 13.9 Å². The monoisotopic (exact) mass is 417 g/mol. The summed E-state index contributed by atoms with van der Waals surface area (Å²) >= 11 is 0. The minimum Gasteiger partial charge on any atom is -0.487 e. The second-order valence-electron chi connectivity index (χ2n) is 6.75. The molecule has 0 aliphatic rings. The maximum Gasteiger partial charge on any atom is 0.336 e. The van der Waals surface area contributed by atoms with E-state index in [1.54, 1.807) is 61.1 Å². The molecule has 0 fully saturated rings. The van der Waals surface area contributed by atoms with Crippen molar-refractivity contribution in [1.82, 2.24) is 9.97 Å². The molecule has 8 nitrogen and oxygen atoms in total. The molecule has 0 unspecified atom stereocenters. The molecule has 8 heteroatoms. The Morgan fingerprint density at radius 3 is 2.61 bits per heavy atom. The lowest BCUT2D eigenvalue weighted by atomic mass is 10.1. The number of rotatable bonds is 7. The van der Waals surface area contributed by atoms with Gasteiger partial charge in [-0.25, -0.2) is 4.79 Å².